The molecule has 0 aliphatic carbocycles. The Hall–Kier alpha value is -4.33. The Labute approximate surface area is 234 Å². The number of hydrogen-bond donors (Lipinski definition) is 5. The molecule has 5 rings (SSSR count). The minimum Gasteiger partial charge on any atom is -0.406 e. The lowest BCUT2D eigenvalue weighted by Crippen LogP contribution is -2.42. The number of benzene rings is 3. The summed E-state index contributed by atoms with van der Waals surface area (Å²) < 4.78 is 41.6. The molecule has 13 heteroatoms. The van der Waals surface area contributed by atoms with E-state index in [0.717, 1.165) is 46.8 Å². The maximum atomic E-state index is 12.5. The smallest absolute Gasteiger partial charge is 0.406 e. The maximum absolute atomic E-state index is 12.5. The van der Waals surface area contributed by atoms with Gasteiger partial charge in [0.05, 0.1) is 17.4 Å². The van der Waals surface area contributed by atoms with Gasteiger partial charge in [-0.15, -0.1) is 13.2 Å². The van der Waals surface area contributed by atoms with Crippen molar-refractivity contribution in [1.29, 1.82) is 0 Å². The summed E-state index contributed by atoms with van der Waals surface area (Å²) in [5, 5.41) is 22.9. The van der Waals surface area contributed by atoms with E-state index in [1.807, 2.05) is 36.4 Å². The molecule has 1 aromatic heterocycles. The number of rotatable bonds is 9. The van der Waals surface area contributed by atoms with Gasteiger partial charge in [-0.05, 0) is 73.5 Å². The average Bonchev–Trinajstić information content (AvgIpc) is 3.42. The largest absolute Gasteiger partial charge is 0.573 e. The summed E-state index contributed by atoms with van der Waals surface area (Å²) in [6, 6.07) is 16.8. The van der Waals surface area contributed by atoms with E-state index < -0.39 is 6.36 Å². The molecule has 6 N–H and O–H groups in total. The third-order valence-corrected chi connectivity index (χ3v) is 6.48. The predicted octanol–water partition coefficient (Wildman–Crippen LogP) is 5.16. The van der Waals surface area contributed by atoms with Gasteiger partial charge in [0.2, 0.25) is 6.41 Å². The van der Waals surface area contributed by atoms with Crippen LogP contribution < -0.4 is 26.4 Å². The molecule has 0 unspecified atom stereocenters. The Bertz CT molecular complexity index is 1410. The van der Waals surface area contributed by atoms with Crippen LogP contribution in [0.3, 0.4) is 0 Å². The van der Waals surface area contributed by atoms with E-state index in [0.29, 0.717) is 23.6 Å². The number of aromatic amines is 1. The molecule has 1 saturated heterocycles. The fourth-order valence-corrected chi connectivity index (χ4v) is 4.66. The summed E-state index contributed by atoms with van der Waals surface area (Å²) in [5.74, 6) is -0.295. The highest BCUT2D eigenvalue weighted by Gasteiger charge is 2.31. The molecule has 41 heavy (non-hydrogen) atoms. The van der Waals surface area contributed by atoms with Crippen LogP contribution in [0.5, 0.6) is 5.75 Å². The molecule has 1 amide bonds. The molecule has 0 atom stereocenters. The third-order valence-electron chi connectivity index (χ3n) is 6.48. The first kappa shape index (κ1) is 29.6. The molecule has 10 nitrogen and oxygen atoms in total. The Morgan fingerprint density at radius 2 is 1.80 bits per heavy atom. The van der Waals surface area contributed by atoms with E-state index in [2.05, 4.69) is 36.3 Å². The first-order valence-electron chi connectivity index (χ1n) is 13.1. The van der Waals surface area contributed by atoms with Crippen LogP contribution in [0.4, 0.5) is 30.2 Å². The molecule has 3 aromatic carbocycles. The number of carbonyl (C=O) groups is 1. The number of nitrogens with zero attached hydrogens (tertiary/aromatic N) is 3. The van der Waals surface area contributed by atoms with Crippen molar-refractivity contribution in [2.75, 3.05) is 36.7 Å². The first-order chi connectivity index (χ1) is 19.8. The maximum Gasteiger partial charge on any atom is 0.573 e. The van der Waals surface area contributed by atoms with Crippen molar-refractivity contribution in [3.63, 3.8) is 0 Å². The Morgan fingerprint density at radius 1 is 1.07 bits per heavy atom. The Balaban J connectivity index is 0.00000124. The zero-order valence-electron chi connectivity index (χ0n) is 22.2. The number of hydrogen-bond acceptors (Lipinski definition) is 8. The number of primary amides is 1. The lowest BCUT2D eigenvalue weighted by molar-refractivity contribution is -0.274. The lowest BCUT2D eigenvalue weighted by Gasteiger charge is -2.27. The van der Waals surface area contributed by atoms with Gasteiger partial charge in [-0.1, -0.05) is 24.6 Å². The van der Waals surface area contributed by atoms with Crippen LogP contribution in [0.15, 0.2) is 66.9 Å². The molecule has 218 valence electrons. The van der Waals surface area contributed by atoms with Crippen LogP contribution in [-0.2, 0) is 4.79 Å². The van der Waals surface area contributed by atoms with Gasteiger partial charge < -0.3 is 20.7 Å². The number of anilines is 3. The molecule has 1 aliphatic heterocycles. The van der Waals surface area contributed by atoms with Crippen molar-refractivity contribution in [2.45, 2.75) is 25.6 Å². The van der Waals surface area contributed by atoms with Crippen molar-refractivity contribution in [1.82, 2.24) is 20.5 Å². The van der Waals surface area contributed by atoms with Gasteiger partial charge in [0.25, 0.3) is 0 Å². The summed E-state index contributed by atoms with van der Waals surface area (Å²) in [4.78, 5) is 11.0. The van der Waals surface area contributed by atoms with Crippen LogP contribution in [-0.4, -0.2) is 59.3 Å². The van der Waals surface area contributed by atoms with E-state index in [1.54, 1.807) is 12.3 Å². The Kier molecular flexibility index (Phi) is 10.0. The molecule has 0 spiro atoms. The third kappa shape index (κ3) is 8.58. The number of amides is 1. The van der Waals surface area contributed by atoms with Crippen molar-refractivity contribution in [3.8, 4) is 16.9 Å². The quantitative estimate of drug-likeness (QED) is 0.138. The van der Waals surface area contributed by atoms with Crippen LogP contribution in [0.25, 0.3) is 22.0 Å². The van der Waals surface area contributed by atoms with Gasteiger partial charge in [-0.3, -0.25) is 15.1 Å². The van der Waals surface area contributed by atoms with Gasteiger partial charge in [-0.25, -0.2) is 5.43 Å². The van der Waals surface area contributed by atoms with Gasteiger partial charge in [0, 0.05) is 35.9 Å². The Morgan fingerprint density at radius 3 is 2.51 bits per heavy atom. The molecule has 0 bridgehead atoms. The number of ether oxygens (including phenoxy) is 1. The van der Waals surface area contributed by atoms with Crippen LogP contribution in [0.2, 0.25) is 0 Å². The molecule has 1 aliphatic rings. The zero-order chi connectivity index (χ0) is 29.2. The van der Waals surface area contributed by atoms with E-state index in [-0.39, 0.29) is 12.2 Å². The minimum atomic E-state index is -4.75. The number of likely N-dealkylation sites (tertiary alicyclic amines) is 1. The highest BCUT2D eigenvalue weighted by atomic mass is 19.4. The SMILES string of the molecule is NC=O.ON(NCCN1CCCCC1)c1cc(-c2ccc(Nc3cccc(OC(F)(F)F)c3)cc2)c2cn[nH]c2c1. The molecular weight excluding hydrogens is 539 g/mol. The van der Waals surface area contributed by atoms with Crippen LogP contribution >= 0.6 is 0 Å². The number of H-pyrrole nitrogens is 1. The second kappa shape index (κ2) is 13.8. The van der Waals surface area contributed by atoms with Crippen molar-refractivity contribution < 1.29 is 27.9 Å². The van der Waals surface area contributed by atoms with Crippen molar-refractivity contribution >= 4 is 34.4 Å². The van der Waals surface area contributed by atoms with Gasteiger partial charge in [0.15, 0.2) is 0 Å². The normalized spacial score (nSPS) is 13.8. The number of carbonyl (C=O) groups excluding carboxylic acids is 1. The summed E-state index contributed by atoms with van der Waals surface area (Å²) in [5.41, 5.74) is 11.5. The van der Waals surface area contributed by atoms with E-state index in [4.69, 9.17) is 4.79 Å². The monoisotopic (exact) mass is 571 g/mol. The standard InChI is InChI=1S/C27H29F3N6O2.CH3NO/c28-27(29,30)38-23-6-4-5-21(15-23)33-20-9-7-19(8-10-20)24-16-22(17-26-25(24)18-31-34-26)36(37)32-11-14-35-12-2-1-3-13-35;2-1-3/h4-10,15-18,32-33,37H,1-3,11-14H2,(H,31,34);1H,(H2,2,3). The summed E-state index contributed by atoms with van der Waals surface area (Å²) in [7, 11) is 0. The summed E-state index contributed by atoms with van der Waals surface area (Å²) in [6.07, 6.45) is 0.953. The number of hydrazine groups is 1. The summed E-state index contributed by atoms with van der Waals surface area (Å²) >= 11 is 0. The fraction of sp³-hybridized carbons (Fsp3) is 0.286. The van der Waals surface area contributed by atoms with Gasteiger partial charge in [-0.2, -0.15) is 10.3 Å². The van der Waals surface area contributed by atoms with E-state index in [1.165, 1.54) is 37.5 Å². The number of aromatic nitrogens is 2. The highest BCUT2D eigenvalue weighted by Crippen LogP contribution is 2.33. The average molecular weight is 572 g/mol. The highest BCUT2D eigenvalue weighted by molar-refractivity contribution is 5.97. The molecule has 2 heterocycles. The molecular formula is C28H32F3N7O3. The molecule has 1 fully saturated rings. The van der Waals surface area contributed by atoms with Crippen LogP contribution in [0.1, 0.15) is 19.3 Å². The van der Waals surface area contributed by atoms with E-state index in [9.17, 15) is 18.4 Å². The lowest BCUT2D eigenvalue weighted by atomic mass is 10.0. The van der Waals surface area contributed by atoms with Crippen molar-refractivity contribution in [2.24, 2.45) is 5.73 Å². The van der Waals surface area contributed by atoms with Gasteiger partial charge >= 0.3 is 6.36 Å². The van der Waals surface area contributed by atoms with Crippen molar-refractivity contribution in [3.05, 3.63) is 66.9 Å². The van der Waals surface area contributed by atoms with E-state index >= 15 is 0 Å². The molecule has 0 radical (unpaired) electrons. The zero-order valence-corrected chi connectivity index (χ0v) is 22.2. The fourth-order valence-electron chi connectivity index (χ4n) is 4.66. The number of nitrogens with one attached hydrogen (secondary N) is 3. The van der Waals surface area contributed by atoms with Crippen LogP contribution in [0, 0.1) is 0 Å². The van der Waals surface area contributed by atoms with Gasteiger partial charge in [0.1, 0.15) is 5.75 Å². The predicted molar refractivity (Wildman–Crippen MR) is 151 cm³/mol. The number of piperidine rings is 1. The number of fused-ring (bicyclic) bond motifs is 1. The number of nitrogens with two attached hydrogens (primary N) is 1. The minimum absolute atomic E-state index is 0.250. The topological polar surface area (TPSA) is 132 Å². The first-order valence-corrected chi connectivity index (χ1v) is 13.1. The molecule has 0 saturated carbocycles. The number of alkyl halides is 3. The number of halogens is 3. The second-order valence-corrected chi connectivity index (χ2v) is 9.36. The second-order valence-electron chi connectivity index (χ2n) is 9.36. The molecule has 4 aromatic rings. The summed E-state index contributed by atoms with van der Waals surface area (Å²) in [6.45, 7) is 3.66.